The number of halogens is 1. The van der Waals surface area contributed by atoms with E-state index >= 15 is 0 Å². The van der Waals surface area contributed by atoms with Gasteiger partial charge in [-0.2, -0.15) is 0 Å². The first-order valence-electron chi connectivity index (χ1n) is 7.00. The minimum absolute atomic E-state index is 0. The van der Waals surface area contributed by atoms with Gasteiger partial charge in [-0.15, -0.1) is 12.4 Å². The molecule has 21 heavy (non-hydrogen) atoms. The number of hydrogen-bond donors (Lipinski definition) is 3. The first-order chi connectivity index (χ1) is 9.60. The number of amides is 1. The van der Waals surface area contributed by atoms with E-state index in [2.05, 4.69) is 29.1 Å². The molecular formula is C15H23ClN4O. The maximum absolute atomic E-state index is 12.1. The van der Waals surface area contributed by atoms with E-state index in [4.69, 9.17) is 5.73 Å². The summed E-state index contributed by atoms with van der Waals surface area (Å²) < 4.78 is 0. The number of nitrogens with zero attached hydrogens (tertiary/aromatic N) is 1. The zero-order chi connectivity index (χ0) is 14.5. The van der Waals surface area contributed by atoms with Crippen molar-refractivity contribution in [1.29, 1.82) is 0 Å². The maximum Gasteiger partial charge on any atom is 0.224 e. The predicted octanol–water partition coefficient (Wildman–Crippen LogP) is 2.02. The van der Waals surface area contributed by atoms with E-state index in [-0.39, 0.29) is 24.4 Å². The van der Waals surface area contributed by atoms with Gasteiger partial charge in [0.1, 0.15) is 5.65 Å². The van der Waals surface area contributed by atoms with E-state index in [0.717, 1.165) is 23.0 Å². The molecule has 0 aliphatic heterocycles. The van der Waals surface area contributed by atoms with Gasteiger partial charge in [0.25, 0.3) is 0 Å². The van der Waals surface area contributed by atoms with Gasteiger partial charge >= 0.3 is 0 Å². The van der Waals surface area contributed by atoms with Gasteiger partial charge in [0, 0.05) is 30.4 Å². The van der Waals surface area contributed by atoms with Crippen LogP contribution in [0.3, 0.4) is 0 Å². The Morgan fingerprint density at radius 1 is 1.48 bits per heavy atom. The quantitative estimate of drug-likeness (QED) is 0.763. The molecule has 5 nitrogen and oxygen atoms in total. The monoisotopic (exact) mass is 310 g/mol. The van der Waals surface area contributed by atoms with Crippen LogP contribution >= 0.6 is 12.4 Å². The van der Waals surface area contributed by atoms with Gasteiger partial charge in [-0.05, 0) is 30.0 Å². The van der Waals surface area contributed by atoms with Crippen LogP contribution in [0.1, 0.15) is 25.8 Å². The van der Waals surface area contributed by atoms with E-state index in [1.807, 2.05) is 18.3 Å². The summed E-state index contributed by atoms with van der Waals surface area (Å²) in [6.07, 6.45) is 4.82. The van der Waals surface area contributed by atoms with Gasteiger partial charge in [-0.3, -0.25) is 4.79 Å². The molecule has 1 amide bonds. The number of H-pyrrole nitrogens is 1. The summed E-state index contributed by atoms with van der Waals surface area (Å²) in [6, 6.07) is 3.89. The summed E-state index contributed by atoms with van der Waals surface area (Å²) in [7, 11) is 0. The lowest BCUT2D eigenvalue weighted by atomic mass is 10.0. The fourth-order valence-corrected chi connectivity index (χ4v) is 2.39. The van der Waals surface area contributed by atoms with E-state index in [1.54, 1.807) is 6.20 Å². The lowest BCUT2D eigenvalue weighted by Gasteiger charge is -2.18. The molecule has 0 fully saturated rings. The largest absolute Gasteiger partial charge is 0.352 e. The van der Waals surface area contributed by atoms with Crippen molar-refractivity contribution in [2.24, 2.45) is 11.7 Å². The number of pyridine rings is 1. The number of aromatic amines is 1. The number of nitrogens with two attached hydrogens (primary N) is 1. The number of nitrogens with one attached hydrogen (secondary N) is 2. The molecule has 0 aliphatic carbocycles. The van der Waals surface area contributed by atoms with E-state index < -0.39 is 0 Å². The molecule has 0 saturated carbocycles. The van der Waals surface area contributed by atoms with Gasteiger partial charge in [-0.1, -0.05) is 13.8 Å². The number of fused-ring (bicyclic) bond motifs is 1. The Morgan fingerprint density at radius 2 is 2.24 bits per heavy atom. The minimum Gasteiger partial charge on any atom is -0.352 e. The van der Waals surface area contributed by atoms with Crippen molar-refractivity contribution < 1.29 is 4.79 Å². The smallest absolute Gasteiger partial charge is 0.224 e. The summed E-state index contributed by atoms with van der Waals surface area (Å²) in [4.78, 5) is 19.4. The molecule has 4 N–H and O–H groups in total. The number of carbonyl (C=O) groups is 1. The first kappa shape index (κ1) is 17.5. The van der Waals surface area contributed by atoms with Gasteiger partial charge in [0.15, 0.2) is 0 Å². The molecule has 0 saturated heterocycles. The number of hydrogen-bond acceptors (Lipinski definition) is 3. The van der Waals surface area contributed by atoms with Crippen molar-refractivity contribution in [2.75, 3.05) is 6.54 Å². The van der Waals surface area contributed by atoms with Crippen molar-refractivity contribution >= 4 is 29.3 Å². The van der Waals surface area contributed by atoms with Gasteiger partial charge in [0.2, 0.25) is 5.91 Å². The fourth-order valence-electron chi connectivity index (χ4n) is 2.39. The highest BCUT2D eigenvalue weighted by Gasteiger charge is 2.14. The molecule has 6 heteroatoms. The van der Waals surface area contributed by atoms with E-state index in [9.17, 15) is 4.79 Å². The normalized spacial score (nSPS) is 12.2. The molecule has 2 rings (SSSR count). The van der Waals surface area contributed by atoms with Gasteiger partial charge in [0.05, 0.1) is 6.42 Å². The van der Waals surface area contributed by atoms with Crippen LogP contribution in [0.2, 0.25) is 0 Å². The Hall–Kier alpha value is -1.59. The number of aromatic nitrogens is 2. The van der Waals surface area contributed by atoms with E-state index in [0.29, 0.717) is 18.9 Å². The Balaban J connectivity index is 0.00000220. The van der Waals surface area contributed by atoms with Crippen LogP contribution in [0.5, 0.6) is 0 Å². The van der Waals surface area contributed by atoms with E-state index in [1.165, 1.54) is 0 Å². The molecule has 2 aromatic heterocycles. The van der Waals surface area contributed by atoms with Crippen molar-refractivity contribution in [3.8, 4) is 0 Å². The second-order valence-electron chi connectivity index (χ2n) is 5.52. The number of rotatable bonds is 6. The van der Waals surface area contributed by atoms with Crippen LogP contribution in [-0.4, -0.2) is 28.5 Å². The molecule has 0 bridgehead atoms. The Kier molecular flexibility index (Phi) is 6.65. The molecule has 2 aromatic rings. The maximum atomic E-state index is 12.1. The van der Waals surface area contributed by atoms with Crippen LogP contribution in [-0.2, 0) is 11.2 Å². The second kappa shape index (κ2) is 8.00. The van der Waals surface area contributed by atoms with Crippen molar-refractivity contribution in [3.63, 3.8) is 0 Å². The third-order valence-electron chi connectivity index (χ3n) is 3.29. The average Bonchev–Trinajstić information content (AvgIpc) is 2.81. The summed E-state index contributed by atoms with van der Waals surface area (Å²) >= 11 is 0. The molecule has 0 radical (unpaired) electrons. The Labute approximate surface area is 131 Å². The lowest BCUT2D eigenvalue weighted by Crippen LogP contribution is -2.41. The van der Waals surface area contributed by atoms with Gasteiger partial charge < -0.3 is 16.0 Å². The van der Waals surface area contributed by atoms with Crippen LogP contribution < -0.4 is 11.1 Å². The summed E-state index contributed by atoms with van der Waals surface area (Å²) in [5.74, 6) is 0.520. The Bertz CT molecular complexity index is 582. The molecule has 0 aliphatic rings. The lowest BCUT2D eigenvalue weighted by molar-refractivity contribution is -0.121. The molecule has 1 unspecified atom stereocenters. The van der Waals surface area contributed by atoms with Crippen molar-refractivity contribution in [1.82, 2.24) is 15.3 Å². The highest BCUT2D eigenvalue weighted by atomic mass is 35.5. The highest BCUT2D eigenvalue weighted by molar-refractivity contribution is 5.87. The standard InChI is InChI=1S/C15H22N4O.ClH/c1-10(2)6-12(8-16)19-14(20)7-11-9-18-15-13(11)4-3-5-17-15;/h3-5,9-10,12H,6-8,16H2,1-2H3,(H,17,18)(H,19,20);1H. The zero-order valence-corrected chi connectivity index (χ0v) is 13.2. The van der Waals surface area contributed by atoms with Crippen molar-refractivity contribution in [2.45, 2.75) is 32.7 Å². The summed E-state index contributed by atoms with van der Waals surface area (Å²) in [6.45, 7) is 4.72. The summed E-state index contributed by atoms with van der Waals surface area (Å²) in [5.41, 5.74) is 7.48. The first-order valence-corrected chi connectivity index (χ1v) is 7.00. The van der Waals surface area contributed by atoms with Crippen LogP contribution in [0, 0.1) is 5.92 Å². The third kappa shape index (κ3) is 4.72. The molecule has 1 atom stereocenters. The molecule has 2 heterocycles. The number of carbonyl (C=O) groups excluding carboxylic acids is 1. The SMILES string of the molecule is CC(C)CC(CN)NC(=O)Cc1c[nH]c2ncccc12.Cl. The zero-order valence-electron chi connectivity index (χ0n) is 12.4. The second-order valence-corrected chi connectivity index (χ2v) is 5.52. The summed E-state index contributed by atoms with van der Waals surface area (Å²) in [5, 5.41) is 4.00. The molecule has 0 aromatic carbocycles. The van der Waals surface area contributed by atoms with Crippen LogP contribution in [0.25, 0.3) is 11.0 Å². The Morgan fingerprint density at radius 3 is 2.90 bits per heavy atom. The average molecular weight is 311 g/mol. The predicted molar refractivity (Wildman–Crippen MR) is 87.5 cm³/mol. The van der Waals surface area contributed by atoms with Gasteiger partial charge in [-0.25, -0.2) is 4.98 Å². The van der Waals surface area contributed by atoms with Crippen LogP contribution in [0.4, 0.5) is 0 Å². The fraction of sp³-hybridized carbons (Fsp3) is 0.467. The minimum atomic E-state index is 0. The van der Waals surface area contributed by atoms with Crippen molar-refractivity contribution in [3.05, 3.63) is 30.1 Å². The molecule has 116 valence electrons. The highest BCUT2D eigenvalue weighted by Crippen LogP contribution is 2.16. The van der Waals surface area contributed by atoms with Crippen LogP contribution in [0.15, 0.2) is 24.5 Å². The topological polar surface area (TPSA) is 83.8 Å². The third-order valence-corrected chi connectivity index (χ3v) is 3.29. The molecule has 0 spiro atoms. The molecular weight excluding hydrogens is 288 g/mol.